The fourth-order valence-corrected chi connectivity index (χ4v) is 2.71. The van der Waals surface area contributed by atoms with Crippen LogP contribution in [-0.2, 0) is 6.42 Å². The SMILES string of the molecule is CCc1ccc(C(=O)c2c(C)cccc2N)s1. The first kappa shape index (κ1) is 11.9. The lowest BCUT2D eigenvalue weighted by molar-refractivity contribution is 0.104. The number of rotatable bonds is 3. The Balaban J connectivity index is 2.43. The zero-order valence-corrected chi connectivity index (χ0v) is 10.8. The van der Waals surface area contributed by atoms with Crippen molar-refractivity contribution in [1.29, 1.82) is 0 Å². The second-order valence-electron chi connectivity index (χ2n) is 3.99. The minimum Gasteiger partial charge on any atom is -0.398 e. The number of ketones is 1. The maximum absolute atomic E-state index is 12.3. The Morgan fingerprint density at radius 3 is 2.65 bits per heavy atom. The quantitative estimate of drug-likeness (QED) is 0.665. The number of anilines is 1. The predicted octanol–water partition coefficient (Wildman–Crippen LogP) is 3.43. The van der Waals surface area contributed by atoms with Crippen LogP contribution in [0.5, 0.6) is 0 Å². The molecule has 2 rings (SSSR count). The van der Waals surface area contributed by atoms with Crippen molar-refractivity contribution in [3.05, 3.63) is 51.2 Å². The van der Waals surface area contributed by atoms with Crippen molar-refractivity contribution in [2.45, 2.75) is 20.3 Å². The van der Waals surface area contributed by atoms with Crippen LogP contribution in [0.1, 0.15) is 32.6 Å². The van der Waals surface area contributed by atoms with E-state index in [0.29, 0.717) is 11.3 Å². The molecule has 0 fully saturated rings. The van der Waals surface area contributed by atoms with Crippen molar-refractivity contribution in [2.24, 2.45) is 0 Å². The van der Waals surface area contributed by atoms with Gasteiger partial charge in [0.25, 0.3) is 0 Å². The van der Waals surface area contributed by atoms with E-state index < -0.39 is 0 Å². The van der Waals surface area contributed by atoms with Gasteiger partial charge in [-0.25, -0.2) is 0 Å². The molecule has 0 aliphatic heterocycles. The predicted molar refractivity (Wildman–Crippen MR) is 72.7 cm³/mol. The molecule has 2 aromatic rings. The molecule has 3 heteroatoms. The lowest BCUT2D eigenvalue weighted by Crippen LogP contribution is -2.05. The van der Waals surface area contributed by atoms with E-state index in [0.717, 1.165) is 16.9 Å². The van der Waals surface area contributed by atoms with Crippen LogP contribution in [0.4, 0.5) is 5.69 Å². The number of nitrogen functional groups attached to an aromatic ring is 1. The van der Waals surface area contributed by atoms with Crippen LogP contribution < -0.4 is 5.73 Å². The lowest BCUT2D eigenvalue weighted by atomic mass is 10.0. The molecule has 0 saturated carbocycles. The summed E-state index contributed by atoms with van der Waals surface area (Å²) in [6.07, 6.45) is 0.960. The molecule has 0 radical (unpaired) electrons. The van der Waals surface area contributed by atoms with Gasteiger partial charge in [0.2, 0.25) is 5.78 Å². The Bertz CT molecular complexity index is 537. The van der Waals surface area contributed by atoms with E-state index in [1.165, 1.54) is 4.88 Å². The molecule has 0 amide bonds. The maximum atomic E-state index is 12.3. The molecular formula is C14H15NOS. The highest BCUT2D eigenvalue weighted by molar-refractivity contribution is 7.14. The topological polar surface area (TPSA) is 43.1 Å². The van der Waals surface area contributed by atoms with E-state index in [4.69, 9.17) is 5.73 Å². The first-order chi connectivity index (χ1) is 8.13. The fraction of sp³-hybridized carbons (Fsp3) is 0.214. The van der Waals surface area contributed by atoms with Gasteiger partial charge in [0.1, 0.15) is 0 Å². The van der Waals surface area contributed by atoms with Gasteiger partial charge in [-0.2, -0.15) is 0 Å². The zero-order valence-electron chi connectivity index (χ0n) is 9.99. The molecule has 2 nitrogen and oxygen atoms in total. The van der Waals surface area contributed by atoms with Crippen LogP contribution in [0, 0.1) is 6.92 Å². The van der Waals surface area contributed by atoms with E-state index in [1.807, 2.05) is 31.2 Å². The van der Waals surface area contributed by atoms with Crippen molar-refractivity contribution >= 4 is 22.8 Å². The highest BCUT2D eigenvalue weighted by Crippen LogP contribution is 2.25. The van der Waals surface area contributed by atoms with E-state index in [1.54, 1.807) is 17.4 Å². The number of benzene rings is 1. The number of hydrogen-bond donors (Lipinski definition) is 1. The first-order valence-electron chi connectivity index (χ1n) is 5.62. The summed E-state index contributed by atoms with van der Waals surface area (Å²) in [5.74, 6) is 0.0327. The van der Waals surface area contributed by atoms with Gasteiger partial charge in [-0.15, -0.1) is 11.3 Å². The van der Waals surface area contributed by atoms with Gasteiger partial charge >= 0.3 is 0 Å². The second-order valence-corrected chi connectivity index (χ2v) is 5.16. The summed E-state index contributed by atoms with van der Waals surface area (Å²) in [4.78, 5) is 14.3. The molecule has 0 saturated heterocycles. The third-order valence-electron chi connectivity index (χ3n) is 2.77. The van der Waals surface area contributed by atoms with Gasteiger partial charge in [-0.3, -0.25) is 4.79 Å². The Morgan fingerprint density at radius 2 is 2.06 bits per heavy atom. The monoisotopic (exact) mass is 245 g/mol. The van der Waals surface area contributed by atoms with Crippen molar-refractivity contribution in [1.82, 2.24) is 0 Å². The Morgan fingerprint density at radius 1 is 1.29 bits per heavy atom. The molecule has 88 valence electrons. The zero-order chi connectivity index (χ0) is 12.4. The highest BCUT2D eigenvalue weighted by Gasteiger charge is 2.16. The third kappa shape index (κ3) is 2.24. The molecule has 0 aliphatic rings. The molecule has 1 heterocycles. The van der Waals surface area contributed by atoms with Crippen LogP contribution >= 0.6 is 11.3 Å². The van der Waals surface area contributed by atoms with Gasteiger partial charge in [0.15, 0.2) is 0 Å². The van der Waals surface area contributed by atoms with Gasteiger partial charge in [-0.05, 0) is 37.1 Å². The number of hydrogen-bond acceptors (Lipinski definition) is 3. The number of nitrogens with two attached hydrogens (primary N) is 1. The molecular weight excluding hydrogens is 230 g/mol. The van der Waals surface area contributed by atoms with Crippen LogP contribution in [-0.4, -0.2) is 5.78 Å². The average molecular weight is 245 g/mol. The molecule has 0 atom stereocenters. The molecule has 1 aromatic carbocycles. The summed E-state index contributed by atoms with van der Waals surface area (Å²) in [5.41, 5.74) is 8.01. The minimum absolute atomic E-state index is 0.0327. The van der Waals surface area contributed by atoms with Gasteiger partial charge in [-0.1, -0.05) is 19.1 Å². The molecule has 0 unspecified atom stereocenters. The summed E-state index contributed by atoms with van der Waals surface area (Å²) in [6.45, 7) is 4.00. The van der Waals surface area contributed by atoms with E-state index in [9.17, 15) is 4.79 Å². The van der Waals surface area contributed by atoms with Gasteiger partial charge in [0, 0.05) is 16.1 Å². The lowest BCUT2D eigenvalue weighted by Gasteiger charge is -2.06. The number of thiophene rings is 1. The Labute approximate surface area is 105 Å². The van der Waals surface area contributed by atoms with Crippen molar-refractivity contribution in [2.75, 3.05) is 5.73 Å². The average Bonchev–Trinajstić information content (AvgIpc) is 2.77. The van der Waals surface area contributed by atoms with Crippen molar-refractivity contribution < 1.29 is 4.79 Å². The smallest absolute Gasteiger partial charge is 0.205 e. The first-order valence-corrected chi connectivity index (χ1v) is 6.43. The molecule has 0 bridgehead atoms. The summed E-state index contributed by atoms with van der Waals surface area (Å²) in [5, 5.41) is 0. The van der Waals surface area contributed by atoms with Crippen LogP contribution in [0.15, 0.2) is 30.3 Å². The Hall–Kier alpha value is -1.61. The summed E-state index contributed by atoms with van der Waals surface area (Å²) in [7, 11) is 0. The number of carbonyl (C=O) groups excluding carboxylic acids is 1. The van der Waals surface area contributed by atoms with Crippen LogP contribution in [0.3, 0.4) is 0 Å². The molecule has 0 aliphatic carbocycles. The molecule has 17 heavy (non-hydrogen) atoms. The normalized spacial score (nSPS) is 10.5. The minimum atomic E-state index is 0.0327. The van der Waals surface area contributed by atoms with E-state index in [2.05, 4.69) is 6.92 Å². The maximum Gasteiger partial charge on any atom is 0.205 e. The van der Waals surface area contributed by atoms with Crippen LogP contribution in [0.25, 0.3) is 0 Å². The summed E-state index contributed by atoms with van der Waals surface area (Å²) < 4.78 is 0. The van der Waals surface area contributed by atoms with Gasteiger partial charge in [0.05, 0.1) is 4.88 Å². The standard InChI is InChI=1S/C14H15NOS/c1-3-10-7-8-12(17-10)14(16)13-9(2)5-4-6-11(13)15/h4-8H,3,15H2,1-2H3. The fourth-order valence-electron chi connectivity index (χ4n) is 1.81. The largest absolute Gasteiger partial charge is 0.398 e. The summed E-state index contributed by atoms with van der Waals surface area (Å²) >= 11 is 1.55. The van der Waals surface area contributed by atoms with Crippen molar-refractivity contribution in [3.8, 4) is 0 Å². The molecule has 2 N–H and O–H groups in total. The molecule has 1 aromatic heterocycles. The van der Waals surface area contributed by atoms with E-state index in [-0.39, 0.29) is 5.78 Å². The number of aryl methyl sites for hydroxylation is 2. The third-order valence-corrected chi connectivity index (χ3v) is 3.99. The van der Waals surface area contributed by atoms with Gasteiger partial charge < -0.3 is 5.73 Å². The number of carbonyl (C=O) groups is 1. The molecule has 0 spiro atoms. The Kier molecular flexibility index (Phi) is 3.29. The summed E-state index contributed by atoms with van der Waals surface area (Å²) in [6, 6.07) is 9.45. The van der Waals surface area contributed by atoms with Crippen molar-refractivity contribution in [3.63, 3.8) is 0 Å². The second kappa shape index (κ2) is 4.72. The highest BCUT2D eigenvalue weighted by atomic mass is 32.1. The van der Waals surface area contributed by atoms with E-state index >= 15 is 0 Å². The van der Waals surface area contributed by atoms with Crippen LogP contribution in [0.2, 0.25) is 0 Å².